The zero-order valence-electron chi connectivity index (χ0n) is 15.4. The summed E-state index contributed by atoms with van der Waals surface area (Å²) in [5, 5.41) is 16.8. The summed E-state index contributed by atoms with van der Waals surface area (Å²) in [4.78, 5) is 9.28. The van der Waals surface area contributed by atoms with Crippen molar-refractivity contribution in [1.29, 1.82) is 0 Å². The molecule has 8 heteroatoms. The molecule has 2 aromatic carbocycles. The summed E-state index contributed by atoms with van der Waals surface area (Å²) in [6.07, 6.45) is 1.81. The van der Waals surface area contributed by atoms with Crippen LogP contribution in [0.3, 0.4) is 0 Å². The number of nitrogens with one attached hydrogen (secondary N) is 3. The summed E-state index contributed by atoms with van der Waals surface area (Å²) in [5.74, 6) is 2.19. The molecule has 0 aliphatic carbocycles. The van der Waals surface area contributed by atoms with Gasteiger partial charge in [-0.05, 0) is 41.8 Å². The van der Waals surface area contributed by atoms with E-state index in [2.05, 4.69) is 30.8 Å². The van der Waals surface area contributed by atoms with E-state index < -0.39 is 0 Å². The third-order valence-corrected chi connectivity index (χ3v) is 5.31. The molecule has 0 saturated carbocycles. The topological polar surface area (TPSA) is 87.8 Å². The highest BCUT2D eigenvalue weighted by molar-refractivity contribution is 7.17. The molecule has 0 bridgehead atoms. The van der Waals surface area contributed by atoms with Crippen LogP contribution in [0.15, 0.2) is 66.2 Å². The lowest BCUT2D eigenvalue weighted by Gasteiger charge is -2.11. The maximum atomic E-state index is 5.72. The Hall–Kier alpha value is -3.65. The van der Waals surface area contributed by atoms with E-state index in [-0.39, 0.29) is 0 Å². The lowest BCUT2D eigenvalue weighted by molar-refractivity contribution is 0.332. The molecule has 0 fully saturated rings. The Balaban J connectivity index is 1.32. The first-order valence-corrected chi connectivity index (χ1v) is 10.1. The number of rotatable bonds is 7. The fourth-order valence-corrected chi connectivity index (χ4v) is 3.81. The van der Waals surface area contributed by atoms with Crippen LogP contribution in [0, 0.1) is 0 Å². The molecule has 5 aromatic rings. The number of aromatic amines is 1. The highest BCUT2D eigenvalue weighted by atomic mass is 32.1. The monoisotopic (exact) mass is 402 g/mol. The van der Waals surface area contributed by atoms with Gasteiger partial charge in [0.05, 0.1) is 28.5 Å². The van der Waals surface area contributed by atoms with Crippen molar-refractivity contribution in [2.24, 2.45) is 0 Å². The Morgan fingerprint density at radius 3 is 2.90 bits per heavy atom. The fourth-order valence-electron chi connectivity index (χ4n) is 3.03. The van der Waals surface area contributed by atoms with Gasteiger partial charge in [0.25, 0.3) is 0 Å². The van der Waals surface area contributed by atoms with E-state index in [1.54, 1.807) is 17.5 Å². The van der Waals surface area contributed by atoms with E-state index in [9.17, 15) is 0 Å². The summed E-state index contributed by atoms with van der Waals surface area (Å²) in [6.45, 7) is 1.12. The molecular weight excluding hydrogens is 384 g/mol. The van der Waals surface area contributed by atoms with Gasteiger partial charge in [-0.3, -0.25) is 5.10 Å². The molecular formula is C21H18N6OS. The molecule has 3 N–H and O–H groups in total. The van der Waals surface area contributed by atoms with Crippen molar-refractivity contribution in [3.8, 4) is 5.75 Å². The third-order valence-electron chi connectivity index (χ3n) is 4.40. The number of thiophene rings is 1. The first-order valence-electron chi connectivity index (χ1n) is 9.22. The van der Waals surface area contributed by atoms with Crippen molar-refractivity contribution in [1.82, 2.24) is 20.2 Å². The number of H-pyrrole nitrogens is 1. The van der Waals surface area contributed by atoms with Crippen LogP contribution in [-0.4, -0.2) is 33.3 Å². The fraction of sp³-hybridized carbons (Fsp3) is 0.0952. The maximum absolute atomic E-state index is 5.72. The maximum Gasteiger partial charge on any atom is 0.225 e. The largest absolute Gasteiger partial charge is 0.492 e. The lowest BCUT2D eigenvalue weighted by Crippen LogP contribution is -2.13. The van der Waals surface area contributed by atoms with Crippen LogP contribution in [0.1, 0.15) is 0 Å². The smallest absolute Gasteiger partial charge is 0.225 e. The molecule has 0 aliphatic heterocycles. The predicted octanol–water partition coefficient (Wildman–Crippen LogP) is 4.80. The van der Waals surface area contributed by atoms with Gasteiger partial charge < -0.3 is 15.4 Å². The Morgan fingerprint density at radius 2 is 1.97 bits per heavy atom. The number of hydrogen-bond donors (Lipinski definition) is 3. The second-order valence-electron chi connectivity index (χ2n) is 6.42. The molecule has 0 atom stereocenters. The number of hydrogen-bond acceptors (Lipinski definition) is 7. The summed E-state index contributed by atoms with van der Waals surface area (Å²) in [5.41, 5.74) is 2.86. The van der Waals surface area contributed by atoms with Crippen molar-refractivity contribution in [3.05, 3.63) is 66.2 Å². The molecule has 0 aliphatic rings. The normalized spacial score (nSPS) is 11.0. The number of nitrogens with zero attached hydrogens (tertiary/aromatic N) is 3. The SMILES string of the molecule is c1ccc(OCCNc2nc(Nc3ccc4[nH]ncc4c3)c3sccc3n2)cc1. The molecule has 0 radical (unpaired) electrons. The molecule has 0 amide bonds. The molecule has 0 spiro atoms. The Kier molecular flexibility index (Phi) is 4.67. The number of para-hydroxylation sites is 1. The molecule has 3 heterocycles. The minimum Gasteiger partial charge on any atom is -0.492 e. The van der Waals surface area contributed by atoms with Crippen LogP contribution >= 0.6 is 11.3 Å². The molecule has 3 aromatic heterocycles. The second-order valence-corrected chi connectivity index (χ2v) is 7.33. The van der Waals surface area contributed by atoms with Gasteiger partial charge in [-0.2, -0.15) is 10.1 Å². The van der Waals surface area contributed by atoms with E-state index in [1.165, 1.54) is 0 Å². The van der Waals surface area contributed by atoms with E-state index in [1.807, 2.05) is 60.0 Å². The van der Waals surface area contributed by atoms with Gasteiger partial charge in [-0.1, -0.05) is 18.2 Å². The van der Waals surface area contributed by atoms with Crippen LogP contribution in [0.25, 0.3) is 21.1 Å². The number of aromatic nitrogens is 4. The van der Waals surface area contributed by atoms with Crippen molar-refractivity contribution >= 4 is 49.9 Å². The summed E-state index contributed by atoms with van der Waals surface area (Å²) in [6, 6.07) is 17.8. The second kappa shape index (κ2) is 7.76. The van der Waals surface area contributed by atoms with Gasteiger partial charge in [0, 0.05) is 11.1 Å². The molecule has 0 saturated heterocycles. The minimum atomic E-state index is 0.523. The summed E-state index contributed by atoms with van der Waals surface area (Å²) in [7, 11) is 0. The average Bonchev–Trinajstić information content (AvgIpc) is 3.41. The van der Waals surface area contributed by atoms with Crippen molar-refractivity contribution < 1.29 is 4.74 Å². The molecule has 5 rings (SSSR count). The van der Waals surface area contributed by atoms with Crippen molar-refractivity contribution in [2.45, 2.75) is 0 Å². The molecule has 7 nitrogen and oxygen atoms in total. The van der Waals surface area contributed by atoms with Crippen molar-refractivity contribution in [2.75, 3.05) is 23.8 Å². The van der Waals surface area contributed by atoms with Gasteiger partial charge in [0.15, 0.2) is 5.82 Å². The van der Waals surface area contributed by atoms with Crippen LogP contribution in [0.5, 0.6) is 5.75 Å². The molecule has 0 unspecified atom stereocenters. The van der Waals surface area contributed by atoms with Gasteiger partial charge in [-0.15, -0.1) is 11.3 Å². The van der Waals surface area contributed by atoms with Crippen LogP contribution in [0.4, 0.5) is 17.5 Å². The zero-order chi connectivity index (χ0) is 19.5. The van der Waals surface area contributed by atoms with Gasteiger partial charge in [0.1, 0.15) is 12.4 Å². The quantitative estimate of drug-likeness (QED) is 0.339. The highest BCUT2D eigenvalue weighted by Crippen LogP contribution is 2.30. The summed E-state index contributed by atoms with van der Waals surface area (Å²) < 4.78 is 6.74. The Labute approximate surface area is 170 Å². The standard InChI is InChI=1S/C21H18N6OS/c1-2-4-16(5-3-1)28-10-9-22-21-25-18-8-11-29-19(18)20(26-21)24-15-6-7-17-14(12-15)13-23-27-17/h1-8,11-13H,9-10H2,(H,23,27)(H2,22,24,25,26). The first kappa shape index (κ1) is 17.4. The predicted molar refractivity (Wildman–Crippen MR) is 117 cm³/mol. The summed E-state index contributed by atoms with van der Waals surface area (Å²) >= 11 is 1.61. The van der Waals surface area contributed by atoms with Crippen molar-refractivity contribution in [3.63, 3.8) is 0 Å². The van der Waals surface area contributed by atoms with E-state index in [0.717, 1.165) is 38.4 Å². The number of fused-ring (bicyclic) bond motifs is 2. The van der Waals surface area contributed by atoms with Crippen LogP contribution in [-0.2, 0) is 0 Å². The number of ether oxygens (including phenoxy) is 1. The van der Waals surface area contributed by atoms with E-state index >= 15 is 0 Å². The van der Waals surface area contributed by atoms with E-state index in [4.69, 9.17) is 4.74 Å². The number of anilines is 3. The highest BCUT2D eigenvalue weighted by Gasteiger charge is 2.10. The lowest BCUT2D eigenvalue weighted by atomic mass is 10.2. The molecule has 144 valence electrons. The van der Waals surface area contributed by atoms with Gasteiger partial charge >= 0.3 is 0 Å². The first-order chi connectivity index (χ1) is 14.3. The van der Waals surface area contributed by atoms with Gasteiger partial charge in [-0.25, -0.2) is 4.98 Å². The minimum absolute atomic E-state index is 0.523. The zero-order valence-corrected chi connectivity index (χ0v) is 16.2. The molecule has 29 heavy (non-hydrogen) atoms. The third kappa shape index (κ3) is 3.83. The van der Waals surface area contributed by atoms with Crippen LogP contribution in [0.2, 0.25) is 0 Å². The van der Waals surface area contributed by atoms with Crippen LogP contribution < -0.4 is 15.4 Å². The Morgan fingerprint density at radius 1 is 1.03 bits per heavy atom. The number of benzene rings is 2. The Bertz CT molecular complexity index is 1250. The van der Waals surface area contributed by atoms with E-state index in [0.29, 0.717) is 19.1 Å². The average molecular weight is 402 g/mol. The van der Waals surface area contributed by atoms with Gasteiger partial charge in [0.2, 0.25) is 5.95 Å².